The SMILES string of the molecule is CC(C)(C=O)OC(=O)Cc1n[nH]c(=S)n1C1CC1. The fourth-order valence-electron chi connectivity index (χ4n) is 1.65. The highest BCUT2D eigenvalue weighted by Gasteiger charge is 2.29. The molecule has 1 aromatic heterocycles. The molecule has 6 nitrogen and oxygen atoms in total. The molecule has 1 heterocycles. The van der Waals surface area contributed by atoms with Gasteiger partial charge in [0.15, 0.2) is 16.7 Å². The molecule has 0 spiro atoms. The molecule has 0 saturated heterocycles. The van der Waals surface area contributed by atoms with E-state index in [2.05, 4.69) is 10.2 Å². The topological polar surface area (TPSA) is 77.0 Å². The van der Waals surface area contributed by atoms with Crippen LogP contribution >= 0.6 is 12.2 Å². The smallest absolute Gasteiger partial charge is 0.314 e. The first kappa shape index (κ1) is 12.9. The summed E-state index contributed by atoms with van der Waals surface area (Å²) in [5.74, 6) is 0.0807. The lowest BCUT2D eigenvalue weighted by atomic mass is 10.2. The summed E-state index contributed by atoms with van der Waals surface area (Å²) in [6, 6.07) is 0.345. The predicted octanol–water partition coefficient (Wildman–Crippen LogP) is 1.34. The minimum Gasteiger partial charge on any atom is -0.452 e. The molecule has 0 bridgehead atoms. The Morgan fingerprint density at radius 1 is 1.67 bits per heavy atom. The summed E-state index contributed by atoms with van der Waals surface area (Å²) >= 11 is 5.11. The van der Waals surface area contributed by atoms with Crippen molar-refractivity contribution in [1.82, 2.24) is 14.8 Å². The van der Waals surface area contributed by atoms with Crippen LogP contribution in [0.15, 0.2) is 0 Å². The maximum Gasteiger partial charge on any atom is 0.314 e. The molecule has 0 unspecified atom stereocenters. The summed E-state index contributed by atoms with van der Waals surface area (Å²) in [6.07, 6.45) is 2.72. The first-order valence-electron chi connectivity index (χ1n) is 5.77. The highest BCUT2D eigenvalue weighted by molar-refractivity contribution is 7.71. The Morgan fingerprint density at radius 3 is 2.89 bits per heavy atom. The van der Waals surface area contributed by atoms with Crippen molar-refractivity contribution in [2.24, 2.45) is 0 Å². The third-order valence-electron chi connectivity index (χ3n) is 2.65. The zero-order valence-corrected chi connectivity index (χ0v) is 11.1. The van der Waals surface area contributed by atoms with Gasteiger partial charge in [0.05, 0.1) is 0 Å². The standard InChI is InChI=1S/C11H15N3O3S/c1-11(2,6-15)17-9(16)5-8-12-13-10(18)14(8)7-3-4-7/h6-7H,3-5H2,1-2H3,(H,13,18). The average molecular weight is 269 g/mol. The van der Waals surface area contributed by atoms with Gasteiger partial charge in [-0.2, -0.15) is 5.10 Å². The van der Waals surface area contributed by atoms with Gasteiger partial charge in [0.1, 0.15) is 12.2 Å². The zero-order chi connectivity index (χ0) is 13.3. The third kappa shape index (κ3) is 2.84. The number of carbonyl (C=O) groups excluding carboxylic acids is 2. The first-order chi connectivity index (χ1) is 8.43. The van der Waals surface area contributed by atoms with Crippen molar-refractivity contribution in [2.45, 2.75) is 44.8 Å². The van der Waals surface area contributed by atoms with Crippen LogP contribution in [0.5, 0.6) is 0 Å². The lowest BCUT2D eigenvalue weighted by Gasteiger charge is -2.17. The number of carbonyl (C=O) groups is 2. The molecular weight excluding hydrogens is 254 g/mol. The van der Waals surface area contributed by atoms with E-state index in [-0.39, 0.29) is 6.42 Å². The van der Waals surface area contributed by atoms with Gasteiger partial charge in [-0.1, -0.05) is 0 Å². The van der Waals surface area contributed by atoms with E-state index in [1.54, 1.807) is 0 Å². The molecule has 1 N–H and O–H groups in total. The number of hydrogen-bond acceptors (Lipinski definition) is 5. The molecule has 2 rings (SSSR count). The largest absolute Gasteiger partial charge is 0.452 e. The fourth-order valence-corrected chi connectivity index (χ4v) is 1.95. The van der Waals surface area contributed by atoms with Crippen LogP contribution in [0.4, 0.5) is 0 Å². The lowest BCUT2D eigenvalue weighted by molar-refractivity contribution is -0.158. The Hall–Kier alpha value is -1.50. The number of ether oxygens (including phenoxy) is 1. The van der Waals surface area contributed by atoms with E-state index in [0.29, 0.717) is 22.9 Å². The first-order valence-corrected chi connectivity index (χ1v) is 6.18. The molecule has 98 valence electrons. The predicted molar refractivity (Wildman–Crippen MR) is 65.6 cm³/mol. The molecule has 0 aromatic carbocycles. The molecule has 1 fully saturated rings. The number of nitrogens with one attached hydrogen (secondary N) is 1. The Balaban J connectivity index is 2.08. The molecule has 0 aliphatic heterocycles. The molecule has 1 aliphatic rings. The van der Waals surface area contributed by atoms with E-state index >= 15 is 0 Å². The Morgan fingerprint density at radius 2 is 2.33 bits per heavy atom. The van der Waals surface area contributed by atoms with Gasteiger partial charge in [-0.3, -0.25) is 14.7 Å². The number of aldehydes is 1. The number of esters is 1. The van der Waals surface area contributed by atoms with E-state index in [4.69, 9.17) is 17.0 Å². The number of aromatic amines is 1. The zero-order valence-electron chi connectivity index (χ0n) is 10.3. The van der Waals surface area contributed by atoms with Crippen molar-refractivity contribution in [3.8, 4) is 0 Å². The Kier molecular flexibility index (Phi) is 3.34. The minimum absolute atomic E-state index is 0.0148. The monoisotopic (exact) mass is 269 g/mol. The summed E-state index contributed by atoms with van der Waals surface area (Å²) < 4.78 is 7.42. The number of H-pyrrole nitrogens is 1. The minimum atomic E-state index is -1.10. The van der Waals surface area contributed by atoms with Crippen molar-refractivity contribution in [2.75, 3.05) is 0 Å². The van der Waals surface area contributed by atoms with Gasteiger partial charge in [0.25, 0.3) is 0 Å². The van der Waals surface area contributed by atoms with E-state index in [1.807, 2.05) is 4.57 Å². The van der Waals surface area contributed by atoms with Gasteiger partial charge in [-0.25, -0.2) is 0 Å². The third-order valence-corrected chi connectivity index (χ3v) is 2.94. The van der Waals surface area contributed by atoms with Gasteiger partial charge >= 0.3 is 5.97 Å². The second-order valence-corrected chi connectivity index (χ2v) is 5.31. The highest BCUT2D eigenvalue weighted by Crippen LogP contribution is 2.35. The van der Waals surface area contributed by atoms with Crippen LogP contribution in [0.2, 0.25) is 0 Å². The molecule has 1 aliphatic carbocycles. The summed E-state index contributed by atoms with van der Waals surface area (Å²) in [6.45, 7) is 3.08. The Bertz CT molecular complexity index is 528. The van der Waals surface area contributed by atoms with Crippen molar-refractivity contribution < 1.29 is 14.3 Å². The van der Waals surface area contributed by atoms with E-state index in [1.165, 1.54) is 13.8 Å². The quantitative estimate of drug-likeness (QED) is 0.496. The molecule has 7 heteroatoms. The van der Waals surface area contributed by atoms with Crippen molar-refractivity contribution in [3.05, 3.63) is 10.6 Å². The maximum atomic E-state index is 11.7. The van der Waals surface area contributed by atoms with Crippen molar-refractivity contribution in [3.63, 3.8) is 0 Å². The van der Waals surface area contributed by atoms with Crippen LogP contribution < -0.4 is 0 Å². The van der Waals surface area contributed by atoms with Gasteiger partial charge in [-0.15, -0.1) is 0 Å². The van der Waals surface area contributed by atoms with Gasteiger partial charge in [-0.05, 0) is 38.9 Å². The van der Waals surface area contributed by atoms with Crippen LogP contribution in [0.25, 0.3) is 0 Å². The number of hydrogen-bond donors (Lipinski definition) is 1. The van der Waals surface area contributed by atoms with Crippen molar-refractivity contribution >= 4 is 24.5 Å². The number of rotatable bonds is 5. The summed E-state index contributed by atoms with van der Waals surface area (Å²) in [4.78, 5) is 22.4. The molecule has 1 aromatic rings. The summed E-state index contributed by atoms with van der Waals surface area (Å²) in [7, 11) is 0. The Labute approximate surface area is 109 Å². The number of aromatic nitrogens is 3. The summed E-state index contributed by atoms with van der Waals surface area (Å²) in [5, 5.41) is 6.71. The second-order valence-electron chi connectivity index (χ2n) is 4.92. The van der Waals surface area contributed by atoms with Crippen LogP contribution in [0.1, 0.15) is 38.6 Å². The van der Waals surface area contributed by atoms with E-state index in [0.717, 1.165) is 12.8 Å². The summed E-state index contributed by atoms with van der Waals surface area (Å²) in [5.41, 5.74) is -1.10. The van der Waals surface area contributed by atoms with Gasteiger partial charge in [0.2, 0.25) is 0 Å². The fraction of sp³-hybridized carbons (Fsp3) is 0.636. The van der Waals surface area contributed by atoms with Gasteiger partial charge < -0.3 is 9.30 Å². The highest BCUT2D eigenvalue weighted by atomic mass is 32.1. The van der Waals surface area contributed by atoms with Crippen LogP contribution in [-0.2, 0) is 20.7 Å². The van der Waals surface area contributed by atoms with Crippen molar-refractivity contribution in [1.29, 1.82) is 0 Å². The molecule has 0 amide bonds. The van der Waals surface area contributed by atoms with Crippen LogP contribution in [0, 0.1) is 4.77 Å². The van der Waals surface area contributed by atoms with Crippen LogP contribution in [-0.4, -0.2) is 32.6 Å². The second kappa shape index (κ2) is 4.64. The normalized spacial score (nSPS) is 15.4. The number of nitrogens with zero attached hydrogens (tertiary/aromatic N) is 2. The molecule has 0 atom stereocenters. The van der Waals surface area contributed by atoms with E-state index < -0.39 is 11.6 Å². The maximum absolute atomic E-state index is 11.7. The van der Waals surface area contributed by atoms with Crippen LogP contribution in [0.3, 0.4) is 0 Å². The van der Waals surface area contributed by atoms with E-state index in [9.17, 15) is 9.59 Å². The average Bonchev–Trinajstić information content (AvgIpc) is 3.04. The molecule has 0 radical (unpaired) electrons. The molecular formula is C11H15N3O3S. The molecule has 1 saturated carbocycles. The van der Waals surface area contributed by atoms with Gasteiger partial charge in [0, 0.05) is 6.04 Å². The molecule has 18 heavy (non-hydrogen) atoms. The lowest BCUT2D eigenvalue weighted by Crippen LogP contribution is -2.30.